The van der Waals surface area contributed by atoms with Crippen molar-refractivity contribution in [3.05, 3.63) is 28.8 Å². The molecule has 1 aromatic rings. The smallest absolute Gasteiger partial charge is 0.381 e. The fraction of sp³-hybridized carbons (Fsp3) is 0.600. The van der Waals surface area contributed by atoms with Crippen LogP contribution in [0.3, 0.4) is 0 Å². The van der Waals surface area contributed by atoms with Crippen molar-refractivity contribution in [2.75, 3.05) is 18.5 Å². The van der Waals surface area contributed by atoms with Crippen molar-refractivity contribution in [2.24, 2.45) is 5.92 Å². The molecule has 0 saturated carbocycles. The molecule has 2 N–H and O–H groups in total. The summed E-state index contributed by atoms with van der Waals surface area (Å²) in [5, 5.41) is 5.39. The van der Waals surface area contributed by atoms with Crippen molar-refractivity contribution in [2.45, 2.75) is 57.7 Å². The number of carbonyl (C=O) groups is 2. The average Bonchev–Trinajstić information content (AvgIpc) is 2.57. The van der Waals surface area contributed by atoms with Crippen molar-refractivity contribution in [3.63, 3.8) is 0 Å². The molecule has 0 bridgehead atoms. The van der Waals surface area contributed by atoms with Crippen molar-refractivity contribution in [3.8, 4) is 0 Å². The minimum Gasteiger partial charge on any atom is -0.381 e. The van der Waals surface area contributed by atoms with Crippen LogP contribution in [0.5, 0.6) is 0 Å². The highest BCUT2D eigenvalue weighted by molar-refractivity contribution is 6.31. The van der Waals surface area contributed by atoms with Crippen LogP contribution >= 0.6 is 11.6 Å². The lowest BCUT2D eigenvalue weighted by Crippen LogP contribution is -2.50. The molecule has 0 spiro atoms. The van der Waals surface area contributed by atoms with E-state index in [0.717, 1.165) is 5.56 Å². The predicted molar refractivity (Wildman–Crippen MR) is 105 cm³/mol. The number of rotatable bonds is 5. The van der Waals surface area contributed by atoms with E-state index in [4.69, 9.17) is 16.3 Å². The van der Waals surface area contributed by atoms with Gasteiger partial charge in [0.1, 0.15) is 12.5 Å². The molecule has 9 heteroatoms. The van der Waals surface area contributed by atoms with Gasteiger partial charge in [-0.2, -0.15) is 13.2 Å². The van der Waals surface area contributed by atoms with E-state index < -0.39 is 30.5 Å². The Morgan fingerprint density at radius 1 is 1.21 bits per heavy atom. The zero-order chi connectivity index (χ0) is 21.8. The second-order valence-corrected chi connectivity index (χ2v) is 8.63. The third-order valence-electron chi connectivity index (χ3n) is 4.74. The van der Waals surface area contributed by atoms with Crippen LogP contribution in [0.4, 0.5) is 18.9 Å². The number of halogens is 4. The molecule has 1 aliphatic heterocycles. The Morgan fingerprint density at radius 2 is 1.83 bits per heavy atom. The summed E-state index contributed by atoms with van der Waals surface area (Å²) in [4.78, 5) is 24.6. The maximum Gasteiger partial charge on any atom is 0.397 e. The maximum absolute atomic E-state index is 12.8. The molecule has 1 saturated heterocycles. The molecule has 0 unspecified atom stereocenters. The van der Waals surface area contributed by atoms with Gasteiger partial charge in [0.15, 0.2) is 0 Å². The van der Waals surface area contributed by atoms with Crippen LogP contribution in [-0.4, -0.2) is 37.2 Å². The quantitative estimate of drug-likeness (QED) is 0.720. The standard InChI is InChI=1S/C20H26ClF3N2O3/c1-19(2,3)14-5-4-13(10-15(14)21)25-18(28)17(12-6-8-29-9-7-12)26-16(27)11-20(22,23)24/h4-5,10,12,17H,6-9,11H2,1-3H3,(H,25,28)(H,26,27)/t17-/m1/s1. The van der Waals surface area contributed by atoms with Gasteiger partial charge >= 0.3 is 6.18 Å². The Kier molecular flexibility index (Phi) is 7.56. The molecule has 1 heterocycles. The third-order valence-corrected chi connectivity index (χ3v) is 5.05. The second kappa shape index (κ2) is 9.34. The number of amides is 2. The Hall–Kier alpha value is -1.80. The van der Waals surface area contributed by atoms with Gasteiger partial charge in [-0.05, 0) is 41.9 Å². The molecule has 1 aliphatic rings. The first-order chi connectivity index (χ1) is 13.4. The molecule has 162 valence electrons. The molecule has 29 heavy (non-hydrogen) atoms. The largest absolute Gasteiger partial charge is 0.397 e. The van der Waals surface area contributed by atoms with Gasteiger partial charge < -0.3 is 15.4 Å². The van der Waals surface area contributed by atoms with Gasteiger partial charge in [0.25, 0.3) is 0 Å². The van der Waals surface area contributed by atoms with Crippen molar-refractivity contribution >= 4 is 29.1 Å². The van der Waals surface area contributed by atoms with Crippen LogP contribution < -0.4 is 10.6 Å². The predicted octanol–water partition coefficient (Wildman–Crippen LogP) is 4.44. The fourth-order valence-electron chi connectivity index (χ4n) is 3.27. The van der Waals surface area contributed by atoms with E-state index in [1.165, 1.54) is 0 Å². The number of anilines is 1. The van der Waals surface area contributed by atoms with Crippen LogP contribution in [0.25, 0.3) is 0 Å². The van der Waals surface area contributed by atoms with Crippen molar-refractivity contribution < 1.29 is 27.5 Å². The normalized spacial score (nSPS) is 16.9. The number of alkyl halides is 3. The molecular weight excluding hydrogens is 409 g/mol. The average molecular weight is 435 g/mol. The van der Waals surface area contributed by atoms with Crippen LogP contribution in [0.1, 0.15) is 45.6 Å². The van der Waals surface area contributed by atoms with Gasteiger partial charge in [0.05, 0.1) is 0 Å². The summed E-state index contributed by atoms with van der Waals surface area (Å²) in [7, 11) is 0. The first kappa shape index (κ1) is 23.5. The first-order valence-corrected chi connectivity index (χ1v) is 9.79. The van der Waals surface area contributed by atoms with Crippen LogP contribution in [0.15, 0.2) is 18.2 Å². The minimum atomic E-state index is -4.64. The Balaban J connectivity index is 2.16. The molecule has 1 fully saturated rings. The summed E-state index contributed by atoms with van der Waals surface area (Å²) < 4.78 is 42.8. The Bertz CT molecular complexity index is 741. The number of benzene rings is 1. The number of ether oxygens (including phenoxy) is 1. The molecule has 0 aliphatic carbocycles. The molecule has 5 nitrogen and oxygen atoms in total. The van der Waals surface area contributed by atoms with Crippen LogP contribution in [0.2, 0.25) is 5.02 Å². The minimum absolute atomic E-state index is 0.185. The Labute approximate surface area is 173 Å². The third kappa shape index (κ3) is 7.19. The summed E-state index contributed by atoms with van der Waals surface area (Å²) in [5.74, 6) is -2.12. The summed E-state index contributed by atoms with van der Waals surface area (Å²) in [6.45, 7) is 6.78. The molecule has 1 aromatic carbocycles. The van der Waals surface area contributed by atoms with E-state index in [0.29, 0.717) is 36.8 Å². The summed E-state index contributed by atoms with van der Waals surface area (Å²) in [6.07, 6.45) is -5.34. The molecule has 0 aromatic heterocycles. The Morgan fingerprint density at radius 3 is 2.34 bits per heavy atom. The molecule has 0 radical (unpaired) electrons. The molecular formula is C20H26ClF3N2O3. The summed E-state index contributed by atoms with van der Waals surface area (Å²) >= 11 is 6.32. The van der Waals surface area contributed by atoms with E-state index in [1.807, 2.05) is 20.8 Å². The van der Waals surface area contributed by atoms with Crippen LogP contribution in [-0.2, 0) is 19.7 Å². The monoisotopic (exact) mass is 434 g/mol. The molecule has 2 amide bonds. The topological polar surface area (TPSA) is 67.4 Å². The highest BCUT2D eigenvalue weighted by atomic mass is 35.5. The lowest BCUT2D eigenvalue weighted by atomic mass is 9.87. The van der Waals surface area contributed by atoms with Gasteiger partial charge in [-0.1, -0.05) is 38.4 Å². The van der Waals surface area contributed by atoms with Gasteiger partial charge in [0.2, 0.25) is 11.8 Å². The maximum atomic E-state index is 12.8. The van der Waals surface area contributed by atoms with E-state index >= 15 is 0 Å². The van der Waals surface area contributed by atoms with E-state index in [9.17, 15) is 22.8 Å². The zero-order valence-corrected chi connectivity index (χ0v) is 17.4. The lowest BCUT2D eigenvalue weighted by Gasteiger charge is -2.30. The zero-order valence-electron chi connectivity index (χ0n) is 16.7. The van der Waals surface area contributed by atoms with Gasteiger partial charge in [-0.15, -0.1) is 0 Å². The number of carbonyl (C=O) groups excluding carboxylic acids is 2. The summed E-state index contributed by atoms with van der Waals surface area (Å²) in [6, 6.07) is 3.99. The molecule has 1 atom stereocenters. The molecule has 2 rings (SSSR count). The van der Waals surface area contributed by atoms with Gasteiger partial charge in [0, 0.05) is 23.9 Å². The fourth-order valence-corrected chi connectivity index (χ4v) is 3.74. The van der Waals surface area contributed by atoms with Gasteiger partial charge in [-0.25, -0.2) is 0 Å². The second-order valence-electron chi connectivity index (χ2n) is 8.22. The number of hydrogen-bond donors (Lipinski definition) is 2. The number of hydrogen-bond acceptors (Lipinski definition) is 3. The SMILES string of the molecule is CC(C)(C)c1ccc(NC(=O)[C@H](NC(=O)CC(F)(F)F)C2CCOCC2)cc1Cl. The van der Waals surface area contributed by atoms with E-state index in [2.05, 4.69) is 10.6 Å². The van der Waals surface area contributed by atoms with E-state index in [1.54, 1.807) is 18.2 Å². The van der Waals surface area contributed by atoms with Crippen LogP contribution in [0, 0.1) is 5.92 Å². The highest BCUT2D eigenvalue weighted by Gasteiger charge is 2.36. The lowest BCUT2D eigenvalue weighted by molar-refractivity contribution is -0.155. The van der Waals surface area contributed by atoms with Crippen molar-refractivity contribution in [1.29, 1.82) is 0 Å². The summed E-state index contributed by atoms with van der Waals surface area (Å²) in [5.41, 5.74) is 1.13. The number of nitrogens with one attached hydrogen (secondary N) is 2. The van der Waals surface area contributed by atoms with E-state index in [-0.39, 0.29) is 11.3 Å². The highest BCUT2D eigenvalue weighted by Crippen LogP contribution is 2.31. The van der Waals surface area contributed by atoms with Crippen molar-refractivity contribution in [1.82, 2.24) is 5.32 Å². The van der Waals surface area contributed by atoms with Gasteiger partial charge in [-0.3, -0.25) is 9.59 Å². The first-order valence-electron chi connectivity index (χ1n) is 9.41.